The van der Waals surface area contributed by atoms with E-state index in [1.807, 2.05) is 48.5 Å². The molecule has 0 saturated heterocycles. The van der Waals surface area contributed by atoms with Gasteiger partial charge in [0, 0.05) is 24.2 Å². The number of hydrazine groups is 1. The van der Waals surface area contributed by atoms with Gasteiger partial charge in [-0.2, -0.15) is 13.2 Å². The molecule has 0 spiro atoms. The second-order valence-electron chi connectivity index (χ2n) is 8.16. The van der Waals surface area contributed by atoms with Crippen LogP contribution in [0, 0.1) is 11.8 Å². The van der Waals surface area contributed by atoms with Gasteiger partial charge in [-0.25, -0.2) is 0 Å². The molecule has 0 radical (unpaired) electrons. The van der Waals surface area contributed by atoms with E-state index < -0.39 is 24.7 Å². The summed E-state index contributed by atoms with van der Waals surface area (Å²) in [5.41, 5.74) is 8.43. The summed E-state index contributed by atoms with van der Waals surface area (Å²) in [5.74, 6) is -0.834. The number of aliphatic hydroxyl groups is 1. The van der Waals surface area contributed by atoms with E-state index in [0.29, 0.717) is 12.8 Å². The maximum Gasteiger partial charge on any atom is 0.416 e. The average Bonchev–Trinajstić information content (AvgIpc) is 3.36. The predicted molar refractivity (Wildman–Crippen MR) is 111 cm³/mol. The van der Waals surface area contributed by atoms with Gasteiger partial charge in [0.05, 0.1) is 23.8 Å². The van der Waals surface area contributed by atoms with Crippen LogP contribution in [0.5, 0.6) is 0 Å². The quantitative estimate of drug-likeness (QED) is 0.740. The summed E-state index contributed by atoms with van der Waals surface area (Å²) >= 11 is 0. The number of benzene rings is 1. The van der Waals surface area contributed by atoms with Gasteiger partial charge >= 0.3 is 6.18 Å². The molecule has 1 aromatic rings. The Morgan fingerprint density at radius 1 is 1.32 bits per heavy atom. The van der Waals surface area contributed by atoms with Crippen molar-refractivity contribution in [1.82, 2.24) is 10.3 Å². The third-order valence-corrected chi connectivity index (χ3v) is 6.36. The van der Waals surface area contributed by atoms with Crippen LogP contribution in [0.4, 0.5) is 18.9 Å². The van der Waals surface area contributed by atoms with Crippen LogP contribution < -0.4 is 10.4 Å². The lowest BCUT2D eigenvalue weighted by molar-refractivity contribution is -0.208. The summed E-state index contributed by atoms with van der Waals surface area (Å²) in [6, 6.07) is 9.89. The van der Waals surface area contributed by atoms with Crippen LogP contribution in [0.2, 0.25) is 0 Å². The molecule has 1 amide bonds. The van der Waals surface area contributed by atoms with Crippen molar-refractivity contribution < 1.29 is 23.1 Å². The maximum absolute atomic E-state index is 13.2. The maximum atomic E-state index is 13.2. The summed E-state index contributed by atoms with van der Waals surface area (Å²) in [6.45, 7) is 3.05. The predicted octanol–water partition coefficient (Wildman–Crippen LogP) is 3.91. The van der Waals surface area contributed by atoms with Crippen LogP contribution in [-0.2, 0) is 4.79 Å². The molecule has 31 heavy (non-hydrogen) atoms. The number of nitrogens with one attached hydrogen (secondary N) is 1. The molecular formula is C23H26F3N3O2. The number of fused-ring (bicyclic) bond motifs is 1. The molecule has 1 heterocycles. The van der Waals surface area contributed by atoms with Crippen LogP contribution in [0.1, 0.15) is 26.7 Å². The number of allylic oxidation sites excluding steroid dienone is 3. The van der Waals surface area contributed by atoms with Crippen molar-refractivity contribution in [2.75, 3.05) is 18.1 Å². The van der Waals surface area contributed by atoms with Gasteiger partial charge in [-0.1, -0.05) is 25.1 Å². The minimum Gasteiger partial charge on any atom is -0.382 e. The van der Waals surface area contributed by atoms with Crippen molar-refractivity contribution in [2.45, 2.75) is 39.0 Å². The van der Waals surface area contributed by atoms with Crippen LogP contribution in [-0.4, -0.2) is 41.3 Å². The molecule has 0 aromatic heterocycles. The number of anilines is 1. The van der Waals surface area contributed by atoms with E-state index in [-0.39, 0.29) is 18.4 Å². The zero-order valence-corrected chi connectivity index (χ0v) is 17.5. The standard InChI is InChI=1S/C23H26F3N3O2/c1-3-28(13-20(30)23(24,25)26)22(31)17-10-9-15-11-19-18(14(2)21(15)17)12-27-29(19)16-7-5-4-6-8-16/h4-8,11-12,14,17,20,27,30H,3,9-10,13H2,1-2H3/t14-,17-,20+/m0/s1. The normalized spacial score (nSPS) is 23.6. The van der Waals surface area contributed by atoms with Crippen molar-refractivity contribution in [3.05, 3.63) is 65.0 Å². The Hall–Kier alpha value is -2.74. The van der Waals surface area contributed by atoms with Crippen LogP contribution in [0.3, 0.4) is 0 Å². The van der Waals surface area contributed by atoms with Gasteiger partial charge in [0.15, 0.2) is 6.10 Å². The Labute approximate surface area is 179 Å². The van der Waals surface area contributed by atoms with Crippen LogP contribution >= 0.6 is 0 Å². The van der Waals surface area contributed by atoms with E-state index in [2.05, 4.69) is 11.5 Å². The lowest BCUT2D eigenvalue weighted by Gasteiger charge is -2.32. The van der Waals surface area contributed by atoms with Crippen molar-refractivity contribution >= 4 is 11.6 Å². The van der Waals surface area contributed by atoms with Crippen molar-refractivity contribution in [1.29, 1.82) is 0 Å². The molecule has 5 nitrogen and oxygen atoms in total. The van der Waals surface area contributed by atoms with Crippen molar-refractivity contribution in [3.63, 3.8) is 0 Å². The minimum absolute atomic E-state index is 0.0288. The Kier molecular flexibility index (Phi) is 5.60. The van der Waals surface area contributed by atoms with Gasteiger partial charge in [0.2, 0.25) is 5.91 Å². The molecule has 2 aliphatic carbocycles. The summed E-state index contributed by atoms with van der Waals surface area (Å²) < 4.78 is 38.5. The molecule has 0 bridgehead atoms. The summed E-state index contributed by atoms with van der Waals surface area (Å²) in [4.78, 5) is 14.3. The van der Waals surface area contributed by atoms with E-state index in [1.54, 1.807) is 6.92 Å². The van der Waals surface area contributed by atoms with Gasteiger partial charge in [-0.3, -0.25) is 9.80 Å². The molecule has 0 saturated carbocycles. The number of rotatable bonds is 5. The van der Waals surface area contributed by atoms with Gasteiger partial charge in [0.1, 0.15) is 0 Å². The molecule has 1 aliphatic heterocycles. The number of halogens is 3. The second kappa shape index (κ2) is 8.07. The molecule has 8 heteroatoms. The lowest BCUT2D eigenvalue weighted by atomic mass is 9.80. The summed E-state index contributed by atoms with van der Waals surface area (Å²) in [6.07, 6.45) is -2.00. The van der Waals surface area contributed by atoms with Crippen molar-refractivity contribution in [2.24, 2.45) is 11.8 Å². The number of amides is 1. The van der Waals surface area contributed by atoms with Gasteiger partial charge in [-0.15, -0.1) is 0 Å². The Bertz CT molecular complexity index is 953. The first kappa shape index (κ1) is 21.5. The Morgan fingerprint density at radius 2 is 2.03 bits per heavy atom. The van der Waals surface area contributed by atoms with E-state index in [1.165, 1.54) is 0 Å². The number of hydrogen-bond donors (Lipinski definition) is 2. The van der Waals surface area contributed by atoms with Crippen LogP contribution in [0.25, 0.3) is 0 Å². The Morgan fingerprint density at radius 3 is 2.68 bits per heavy atom. The third kappa shape index (κ3) is 3.84. The Balaban J connectivity index is 1.59. The number of alkyl halides is 3. The number of aliphatic hydroxyl groups excluding tert-OH is 1. The van der Waals surface area contributed by atoms with Gasteiger partial charge in [-0.05, 0) is 49.1 Å². The molecule has 3 atom stereocenters. The monoisotopic (exact) mass is 433 g/mol. The lowest BCUT2D eigenvalue weighted by Crippen LogP contribution is -2.46. The number of carbonyl (C=O) groups excluding carboxylic acids is 1. The molecule has 3 aliphatic rings. The van der Waals surface area contributed by atoms with E-state index >= 15 is 0 Å². The SMILES string of the molecule is CCN(C[C@@H](O)C(F)(F)F)C(=O)[C@H]1CCC2=C1[C@@H](C)C1=CNN(c3ccccc3)C1=C2. The first-order chi connectivity index (χ1) is 14.7. The number of likely N-dealkylation sites (N-methyl/N-ethyl adjacent to an activating group) is 1. The number of para-hydroxylation sites is 1. The van der Waals surface area contributed by atoms with Crippen LogP contribution in [0.15, 0.2) is 65.0 Å². The zero-order chi connectivity index (χ0) is 22.3. The van der Waals surface area contributed by atoms with Crippen molar-refractivity contribution in [3.8, 4) is 0 Å². The third-order valence-electron chi connectivity index (χ3n) is 6.36. The number of carbonyl (C=O) groups is 1. The molecular weight excluding hydrogens is 407 g/mol. The topological polar surface area (TPSA) is 55.8 Å². The largest absolute Gasteiger partial charge is 0.416 e. The zero-order valence-electron chi connectivity index (χ0n) is 17.5. The summed E-state index contributed by atoms with van der Waals surface area (Å²) in [5, 5.41) is 11.5. The van der Waals surface area contributed by atoms with E-state index in [9.17, 15) is 23.1 Å². The highest BCUT2D eigenvalue weighted by molar-refractivity contribution is 5.84. The van der Waals surface area contributed by atoms with Gasteiger partial charge in [0.25, 0.3) is 0 Å². The fraction of sp³-hybridized carbons (Fsp3) is 0.435. The smallest absolute Gasteiger partial charge is 0.382 e. The summed E-state index contributed by atoms with van der Waals surface area (Å²) in [7, 11) is 0. The molecule has 0 fully saturated rings. The van der Waals surface area contributed by atoms with Gasteiger partial charge < -0.3 is 15.4 Å². The average molecular weight is 433 g/mol. The highest BCUT2D eigenvalue weighted by Crippen LogP contribution is 2.48. The van der Waals surface area contributed by atoms with E-state index in [0.717, 1.165) is 33.0 Å². The number of hydrogen-bond acceptors (Lipinski definition) is 4. The fourth-order valence-corrected chi connectivity index (χ4v) is 4.75. The minimum atomic E-state index is -4.75. The molecule has 4 rings (SSSR count). The number of nitrogens with zero attached hydrogens (tertiary/aromatic N) is 2. The highest BCUT2D eigenvalue weighted by atomic mass is 19.4. The first-order valence-electron chi connectivity index (χ1n) is 10.5. The van der Waals surface area contributed by atoms with E-state index in [4.69, 9.17) is 0 Å². The molecule has 2 N–H and O–H groups in total. The first-order valence-corrected chi connectivity index (χ1v) is 10.5. The fourth-order valence-electron chi connectivity index (χ4n) is 4.75. The molecule has 1 aromatic carbocycles. The highest BCUT2D eigenvalue weighted by Gasteiger charge is 2.44. The molecule has 166 valence electrons. The second-order valence-corrected chi connectivity index (χ2v) is 8.16. The molecule has 0 unspecified atom stereocenters.